The molecule has 0 saturated carbocycles. The Morgan fingerprint density at radius 1 is 1.09 bits per heavy atom. The fourth-order valence-corrected chi connectivity index (χ4v) is 2.23. The van der Waals surface area contributed by atoms with Crippen LogP contribution in [0.15, 0.2) is 48.7 Å². The van der Waals surface area contributed by atoms with Gasteiger partial charge in [-0.25, -0.2) is 9.78 Å². The Labute approximate surface area is 122 Å². The minimum absolute atomic E-state index is 0.120. The number of imidazole rings is 1. The van der Waals surface area contributed by atoms with E-state index in [1.807, 2.05) is 0 Å². The Kier molecular flexibility index (Phi) is 3.13. The highest BCUT2D eigenvalue weighted by atomic mass is 19.4. The van der Waals surface area contributed by atoms with Gasteiger partial charge in [0.2, 0.25) is 0 Å². The topological polar surface area (TPSA) is 54.6 Å². The molecule has 0 spiro atoms. The van der Waals surface area contributed by atoms with Crippen molar-refractivity contribution >= 4 is 11.6 Å². The van der Waals surface area contributed by atoms with Crippen molar-refractivity contribution in [2.45, 2.75) is 6.18 Å². The van der Waals surface area contributed by atoms with Crippen LogP contribution in [0.4, 0.5) is 13.2 Å². The molecule has 7 heteroatoms. The standard InChI is InChI=1S/C15H9F3N2O2/c16-15(17,18)10-6-7-11-19-12(14(21)22)13(20(11)8-10)9-4-2-1-3-5-9/h1-8H,(H,21,22). The number of alkyl halides is 3. The van der Waals surface area contributed by atoms with Crippen LogP contribution in [-0.2, 0) is 6.18 Å². The minimum Gasteiger partial charge on any atom is -0.476 e. The molecule has 0 atom stereocenters. The number of carbonyl (C=O) groups is 1. The van der Waals surface area contributed by atoms with Crippen LogP contribution in [0.5, 0.6) is 0 Å². The predicted octanol–water partition coefficient (Wildman–Crippen LogP) is 3.72. The molecule has 2 aromatic heterocycles. The molecular weight excluding hydrogens is 297 g/mol. The summed E-state index contributed by atoms with van der Waals surface area (Å²) in [5.41, 5.74) is -0.415. The molecule has 4 nitrogen and oxygen atoms in total. The molecular formula is C15H9F3N2O2. The molecule has 0 aliphatic carbocycles. The van der Waals surface area contributed by atoms with Gasteiger partial charge in [0.05, 0.1) is 11.3 Å². The number of benzene rings is 1. The lowest BCUT2D eigenvalue weighted by Gasteiger charge is -2.08. The Morgan fingerprint density at radius 3 is 2.36 bits per heavy atom. The molecule has 0 bridgehead atoms. The number of rotatable bonds is 2. The van der Waals surface area contributed by atoms with Gasteiger partial charge in [-0.2, -0.15) is 13.2 Å². The third-order valence-corrected chi connectivity index (χ3v) is 3.20. The van der Waals surface area contributed by atoms with Crippen molar-refractivity contribution in [3.05, 3.63) is 59.9 Å². The molecule has 1 N–H and O–H groups in total. The number of aromatic carboxylic acids is 1. The number of hydrogen-bond donors (Lipinski definition) is 1. The van der Waals surface area contributed by atoms with Crippen molar-refractivity contribution in [1.29, 1.82) is 0 Å². The van der Waals surface area contributed by atoms with Crippen molar-refractivity contribution in [2.24, 2.45) is 0 Å². The first-order valence-electron chi connectivity index (χ1n) is 6.26. The first-order valence-corrected chi connectivity index (χ1v) is 6.26. The van der Waals surface area contributed by atoms with Crippen molar-refractivity contribution in [2.75, 3.05) is 0 Å². The second-order valence-corrected chi connectivity index (χ2v) is 4.62. The van der Waals surface area contributed by atoms with Crippen LogP contribution < -0.4 is 0 Å². The van der Waals surface area contributed by atoms with E-state index in [9.17, 15) is 23.1 Å². The van der Waals surface area contributed by atoms with Gasteiger partial charge < -0.3 is 5.11 Å². The minimum atomic E-state index is -4.52. The highest BCUT2D eigenvalue weighted by Gasteiger charge is 2.31. The van der Waals surface area contributed by atoms with Crippen molar-refractivity contribution in [3.8, 4) is 11.3 Å². The molecule has 0 fully saturated rings. The van der Waals surface area contributed by atoms with Crippen molar-refractivity contribution in [3.63, 3.8) is 0 Å². The summed E-state index contributed by atoms with van der Waals surface area (Å²) in [5.74, 6) is -1.30. The van der Waals surface area contributed by atoms with Crippen LogP contribution in [-0.4, -0.2) is 20.5 Å². The number of carboxylic acid groups (broad SMARTS) is 1. The summed E-state index contributed by atoms with van der Waals surface area (Å²) < 4.78 is 39.8. The van der Waals surface area contributed by atoms with Gasteiger partial charge in [0, 0.05) is 11.8 Å². The van der Waals surface area contributed by atoms with E-state index >= 15 is 0 Å². The lowest BCUT2D eigenvalue weighted by Crippen LogP contribution is -2.06. The van der Waals surface area contributed by atoms with E-state index in [-0.39, 0.29) is 17.0 Å². The largest absolute Gasteiger partial charge is 0.476 e. The molecule has 0 unspecified atom stereocenters. The van der Waals surface area contributed by atoms with Crippen LogP contribution in [0.25, 0.3) is 16.9 Å². The Balaban J connectivity index is 2.35. The number of aromatic nitrogens is 2. The van der Waals surface area contributed by atoms with Crippen molar-refractivity contribution in [1.82, 2.24) is 9.38 Å². The average Bonchev–Trinajstić information content (AvgIpc) is 2.86. The molecule has 0 aliphatic heterocycles. The van der Waals surface area contributed by atoms with Crippen LogP contribution >= 0.6 is 0 Å². The van der Waals surface area contributed by atoms with Crippen LogP contribution in [0, 0.1) is 0 Å². The molecule has 0 saturated heterocycles. The molecule has 3 aromatic rings. The fourth-order valence-electron chi connectivity index (χ4n) is 2.23. The predicted molar refractivity (Wildman–Crippen MR) is 72.6 cm³/mol. The van der Waals surface area contributed by atoms with E-state index in [4.69, 9.17) is 0 Å². The molecule has 1 aromatic carbocycles. The van der Waals surface area contributed by atoms with E-state index in [1.165, 1.54) is 0 Å². The first kappa shape index (κ1) is 14.1. The summed E-state index contributed by atoms with van der Waals surface area (Å²) in [6, 6.07) is 10.4. The molecule has 0 radical (unpaired) electrons. The summed E-state index contributed by atoms with van der Waals surface area (Å²) in [7, 11) is 0. The second-order valence-electron chi connectivity index (χ2n) is 4.62. The fraction of sp³-hybridized carbons (Fsp3) is 0.0667. The first-order chi connectivity index (χ1) is 10.4. The lowest BCUT2D eigenvalue weighted by molar-refractivity contribution is -0.137. The van der Waals surface area contributed by atoms with Gasteiger partial charge in [-0.1, -0.05) is 30.3 Å². The van der Waals surface area contributed by atoms with Gasteiger partial charge in [-0.15, -0.1) is 0 Å². The molecule has 112 valence electrons. The normalized spacial score (nSPS) is 11.8. The van der Waals surface area contributed by atoms with Crippen LogP contribution in [0.2, 0.25) is 0 Å². The van der Waals surface area contributed by atoms with Crippen LogP contribution in [0.3, 0.4) is 0 Å². The maximum atomic E-state index is 12.9. The lowest BCUT2D eigenvalue weighted by atomic mass is 10.1. The maximum Gasteiger partial charge on any atom is 0.417 e. The smallest absolute Gasteiger partial charge is 0.417 e. The Hall–Kier alpha value is -2.83. The highest BCUT2D eigenvalue weighted by molar-refractivity contribution is 5.94. The monoisotopic (exact) mass is 306 g/mol. The summed E-state index contributed by atoms with van der Waals surface area (Å²) in [6.07, 6.45) is -3.66. The third-order valence-electron chi connectivity index (χ3n) is 3.20. The third kappa shape index (κ3) is 2.30. The number of halogens is 3. The quantitative estimate of drug-likeness (QED) is 0.785. The number of carboxylic acids is 1. The zero-order valence-corrected chi connectivity index (χ0v) is 11.0. The molecule has 22 heavy (non-hydrogen) atoms. The Bertz CT molecular complexity index is 854. The number of fused-ring (bicyclic) bond motifs is 1. The van der Waals surface area contributed by atoms with E-state index in [0.717, 1.165) is 22.7 Å². The van der Waals surface area contributed by atoms with Gasteiger partial charge in [-0.05, 0) is 12.1 Å². The maximum absolute atomic E-state index is 12.9. The molecule has 3 rings (SSSR count). The van der Waals surface area contributed by atoms with Gasteiger partial charge in [-0.3, -0.25) is 4.40 Å². The second kappa shape index (κ2) is 4.87. The number of hydrogen-bond acceptors (Lipinski definition) is 2. The van der Waals surface area contributed by atoms with Gasteiger partial charge >= 0.3 is 12.1 Å². The van der Waals surface area contributed by atoms with E-state index in [2.05, 4.69) is 4.98 Å². The van der Waals surface area contributed by atoms with Crippen LogP contribution in [0.1, 0.15) is 16.1 Å². The molecule has 0 aliphatic rings. The highest BCUT2D eigenvalue weighted by Crippen LogP contribution is 2.32. The number of nitrogens with zero attached hydrogens (tertiary/aromatic N) is 2. The Morgan fingerprint density at radius 2 is 1.77 bits per heavy atom. The summed E-state index contributed by atoms with van der Waals surface area (Å²) in [4.78, 5) is 15.3. The summed E-state index contributed by atoms with van der Waals surface area (Å²) in [5, 5.41) is 9.26. The van der Waals surface area contributed by atoms with E-state index < -0.39 is 17.7 Å². The SMILES string of the molecule is O=C(O)c1nc2ccc(C(F)(F)F)cn2c1-c1ccccc1. The average molecular weight is 306 g/mol. The number of pyridine rings is 1. The molecule has 0 amide bonds. The van der Waals surface area contributed by atoms with Crippen molar-refractivity contribution < 1.29 is 23.1 Å². The van der Waals surface area contributed by atoms with Gasteiger partial charge in [0.25, 0.3) is 0 Å². The zero-order valence-electron chi connectivity index (χ0n) is 11.0. The summed E-state index contributed by atoms with van der Waals surface area (Å²) >= 11 is 0. The molecule has 2 heterocycles. The van der Waals surface area contributed by atoms with E-state index in [1.54, 1.807) is 30.3 Å². The van der Waals surface area contributed by atoms with E-state index in [0.29, 0.717) is 5.56 Å². The van der Waals surface area contributed by atoms with Gasteiger partial charge in [0.1, 0.15) is 5.65 Å². The zero-order chi connectivity index (χ0) is 15.9. The summed E-state index contributed by atoms with van der Waals surface area (Å²) in [6.45, 7) is 0. The van der Waals surface area contributed by atoms with Gasteiger partial charge in [0.15, 0.2) is 5.69 Å².